The minimum absolute atomic E-state index is 0.0769. The molecule has 0 amide bonds. The van der Waals surface area contributed by atoms with Gasteiger partial charge in [0.1, 0.15) is 0 Å². The highest BCUT2D eigenvalue weighted by molar-refractivity contribution is 6.94. The maximum Gasteiger partial charge on any atom is 0.321 e. The van der Waals surface area contributed by atoms with Crippen LogP contribution in [0.15, 0.2) is 133 Å². The Morgan fingerprint density at radius 1 is 0.395 bits per heavy atom. The van der Waals surface area contributed by atoms with Gasteiger partial charge < -0.3 is 10.5 Å². The molecule has 2 N–H and O–H groups in total. The van der Waals surface area contributed by atoms with Crippen LogP contribution in [0.25, 0.3) is 23.1 Å². The molecule has 5 aromatic carbocycles. The van der Waals surface area contributed by atoms with Crippen molar-refractivity contribution in [2.75, 3.05) is 10.5 Å². The van der Waals surface area contributed by atoms with Gasteiger partial charge in [-0.25, -0.2) is 0 Å². The van der Waals surface area contributed by atoms with Crippen LogP contribution in [0, 0.1) is 0 Å². The predicted molar refractivity (Wildman–Crippen MR) is 166 cm³/mol. The van der Waals surface area contributed by atoms with E-state index in [1.54, 1.807) is 0 Å². The molecule has 38 heavy (non-hydrogen) atoms. The van der Waals surface area contributed by atoms with E-state index in [1.165, 1.54) is 44.1 Å². The van der Waals surface area contributed by atoms with Crippen molar-refractivity contribution in [2.24, 2.45) is 0 Å². The summed E-state index contributed by atoms with van der Waals surface area (Å²) < 4.78 is 0. The number of rotatable bonds is 4. The second-order valence-electron chi connectivity index (χ2n) is 9.93. The lowest BCUT2D eigenvalue weighted by Gasteiger charge is -2.31. The summed E-state index contributed by atoms with van der Waals surface area (Å²) in [6.07, 6.45) is 4.72. The van der Waals surface area contributed by atoms with Crippen molar-refractivity contribution in [3.8, 4) is 0 Å². The summed E-state index contributed by atoms with van der Waals surface area (Å²) in [5.41, 5.74) is 12.3. The Kier molecular flexibility index (Phi) is 5.71. The first kappa shape index (κ1) is 22.5. The maximum atomic E-state index is 3.88. The zero-order valence-electron chi connectivity index (χ0n) is 21.0. The zero-order valence-corrected chi connectivity index (χ0v) is 21.0. The average molecular weight is 484 g/mol. The molecule has 0 bridgehead atoms. The van der Waals surface area contributed by atoms with E-state index in [1.807, 2.05) is 0 Å². The number of hydrogen-bond acceptors (Lipinski definition) is 2. The second kappa shape index (κ2) is 9.64. The lowest BCUT2D eigenvalue weighted by molar-refractivity contribution is 1.53. The standard InChI is InChI=1S/C34H26B2N2/c1-5-13-25(14-6-1)31-22-27-21-28-23-32(26-15-7-2-8-16-26)36(30-19-11-4-12-20-30)38-34(28)24-33(27)37-35(31)29-17-9-3-10-18-29/h1-24,37-38H. The molecule has 0 fully saturated rings. The van der Waals surface area contributed by atoms with E-state index in [0.29, 0.717) is 0 Å². The minimum atomic E-state index is 0.0769. The first-order valence-electron chi connectivity index (χ1n) is 13.2. The molecule has 2 aliphatic heterocycles. The van der Waals surface area contributed by atoms with Crippen LogP contribution in [0.5, 0.6) is 0 Å². The summed E-state index contributed by atoms with van der Waals surface area (Å²) >= 11 is 0. The molecule has 0 saturated heterocycles. The average Bonchev–Trinajstić information content (AvgIpc) is 3.00. The first-order chi connectivity index (χ1) is 18.8. The Hall–Kier alpha value is -4.69. The Labute approximate surface area is 225 Å². The van der Waals surface area contributed by atoms with E-state index in [4.69, 9.17) is 0 Å². The van der Waals surface area contributed by atoms with Gasteiger partial charge in [-0.15, -0.1) is 0 Å². The summed E-state index contributed by atoms with van der Waals surface area (Å²) in [4.78, 5) is 0. The molecule has 2 nitrogen and oxygen atoms in total. The van der Waals surface area contributed by atoms with Gasteiger partial charge in [-0.05, 0) is 45.3 Å². The molecule has 7 rings (SSSR count). The van der Waals surface area contributed by atoms with Gasteiger partial charge in [0.15, 0.2) is 0 Å². The van der Waals surface area contributed by atoms with Crippen LogP contribution in [0.1, 0.15) is 22.3 Å². The van der Waals surface area contributed by atoms with Gasteiger partial charge >= 0.3 is 13.7 Å². The molecule has 5 aromatic rings. The fourth-order valence-corrected chi connectivity index (χ4v) is 5.67. The van der Waals surface area contributed by atoms with E-state index < -0.39 is 0 Å². The van der Waals surface area contributed by atoms with Crippen LogP contribution in [0.3, 0.4) is 0 Å². The molecule has 0 aliphatic carbocycles. The molecule has 0 radical (unpaired) electrons. The molecule has 0 spiro atoms. The van der Waals surface area contributed by atoms with Crippen molar-refractivity contribution < 1.29 is 0 Å². The molecular formula is C34H26B2N2. The Morgan fingerprint density at radius 3 is 1.16 bits per heavy atom. The lowest BCUT2D eigenvalue weighted by atomic mass is 9.46. The van der Waals surface area contributed by atoms with Crippen LogP contribution in [-0.2, 0) is 0 Å². The molecular weight excluding hydrogens is 458 g/mol. The van der Waals surface area contributed by atoms with E-state index in [0.717, 1.165) is 11.4 Å². The highest BCUT2D eigenvalue weighted by Gasteiger charge is 2.32. The summed E-state index contributed by atoms with van der Waals surface area (Å²) in [5.74, 6) is 0. The van der Waals surface area contributed by atoms with Crippen molar-refractivity contribution in [1.29, 1.82) is 0 Å². The first-order valence-corrected chi connectivity index (χ1v) is 13.2. The third-order valence-electron chi connectivity index (χ3n) is 7.55. The van der Waals surface area contributed by atoms with Crippen LogP contribution in [0.2, 0.25) is 0 Å². The Morgan fingerprint density at radius 2 is 0.763 bits per heavy atom. The fourth-order valence-electron chi connectivity index (χ4n) is 5.67. The van der Waals surface area contributed by atoms with Crippen molar-refractivity contribution in [3.05, 3.63) is 156 Å². The highest BCUT2D eigenvalue weighted by atomic mass is 14.8. The van der Waals surface area contributed by atoms with Crippen molar-refractivity contribution in [2.45, 2.75) is 0 Å². The topological polar surface area (TPSA) is 24.1 Å². The van der Waals surface area contributed by atoms with E-state index >= 15 is 0 Å². The number of nitrogens with one attached hydrogen (secondary N) is 2. The van der Waals surface area contributed by atoms with Gasteiger partial charge in [0.25, 0.3) is 0 Å². The van der Waals surface area contributed by atoms with Gasteiger partial charge in [-0.2, -0.15) is 0 Å². The van der Waals surface area contributed by atoms with Crippen LogP contribution >= 0.6 is 0 Å². The predicted octanol–water partition coefficient (Wildman–Crippen LogP) is 6.49. The number of fused-ring (bicyclic) bond motifs is 2. The lowest BCUT2D eigenvalue weighted by Crippen LogP contribution is -2.43. The highest BCUT2D eigenvalue weighted by Crippen LogP contribution is 2.38. The fraction of sp³-hybridized carbons (Fsp3) is 0. The minimum Gasteiger partial charge on any atom is -0.420 e. The van der Waals surface area contributed by atoms with Gasteiger partial charge in [0.05, 0.1) is 0 Å². The number of benzene rings is 5. The summed E-state index contributed by atoms with van der Waals surface area (Å²) in [6.45, 7) is 0.154. The van der Waals surface area contributed by atoms with Crippen molar-refractivity contribution >= 4 is 59.1 Å². The second-order valence-corrected chi connectivity index (χ2v) is 9.93. The number of hydrogen-bond donors (Lipinski definition) is 2. The Balaban J connectivity index is 1.37. The van der Waals surface area contributed by atoms with E-state index in [2.05, 4.69) is 156 Å². The summed E-state index contributed by atoms with van der Waals surface area (Å²) in [6, 6.07) is 47.4. The van der Waals surface area contributed by atoms with Crippen LogP contribution < -0.4 is 21.4 Å². The molecule has 0 saturated carbocycles. The quantitative estimate of drug-likeness (QED) is 0.285. The monoisotopic (exact) mass is 484 g/mol. The van der Waals surface area contributed by atoms with Crippen molar-refractivity contribution in [1.82, 2.24) is 0 Å². The molecule has 2 aliphatic rings. The molecule has 0 aromatic heterocycles. The summed E-state index contributed by atoms with van der Waals surface area (Å²) in [7, 11) is 0. The van der Waals surface area contributed by atoms with Crippen LogP contribution in [-0.4, -0.2) is 13.7 Å². The molecule has 178 valence electrons. The third kappa shape index (κ3) is 4.14. The van der Waals surface area contributed by atoms with Gasteiger partial charge in [-0.1, -0.05) is 144 Å². The van der Waals surface area contributed by atoms with Gasteiger partial charge in [0, 0.05) is 11.4 Å². The Bertz CT molecular complexity index is 1530. The van der Waals surface area contributed by atoms with E-state index in [-0.39, 0.29) is 13.7 Å². The smallest absolute Gasteiger partial charge is 0.321 e. The molecule has 2 heterocycles. The zero-order chi connectivity index (χ0) is 25.3. The van der Waals surface area contributed by atoms with Crippen LogP contribution in [0.4, 0.5) is 11.4 Å². The number of anilines is 2. The van der Waals surface area contributed by atoms with E-state index in [9.17, 15) is 0 Å². The van der Waals surface area contributed by atoms with Crippen molar-refractivity contribution in [3.63, 3.8) is 0 Å². The largest absolute Gasteiger partial charge is 0.420 e. The van der Waals surface area contributed by atoms with Gasteiger partial charge in [0.2, 0.25) is 0 Å². The molecule has 4 heteroatoms. The molecule has 0 unspecified atom stereocenters. The maximum absolute atomic E-state index is 3.88. The summed E-state index contributed by atoms with van der Waals surface area (Å²) in [5, 5.41) is 7.76. The normalized spacial score (nSPS) is 13.9. The van der Waals surface area contributed by atoms with Gasteiger partial charge in [-0.3, -0.25) is 0 Å². The SMILES string of the molecule is C1=C(c2ccccc2)B(c2ccccc2)Nc2cc3c(cc21)C=C(c1ccccc1)B(c1ccccc1)N3. The third-order valence-corrected chi connectivity index (χ3v) is 7.55. The molecule has 0 atom stereocenters.